The number of ether oxygens (including phenoxy) is 1. The monoisotopic (exact) mass is 300 g/mol. The average molecular weight is 300 g/mol. The summed E-state index contributed by atoms with van der Waals surface area (Å²) in [5.41, 5.74) is 4.21. The lowest BCUT2D eigenvalue weighted by Crippen LogP contribution is -2.55. The first-order chi connectivity index (χ1) is 10.1. The largest absolute Gasteiger partial charge is 0.496 e. The maximum absolute atomic E-state index is 5.47. The van der Waals surface area contributed by atoms with E-state index in [9.17, 15) is 0 Å². The van der Waals surface area contributed by atoms with E-state index in [1.54, 1.807) is 7.11 Å². The molecule has 1 aromatic carbocycles. The van der Waals surface area contributed by atoms with Crippen LogP contribution in [0, 0.1) is 13.8 Å². The Kier molecular flexibility index (Phi) is 4.61. The Balaban J connectivity index is 1.90. The fourth-order valence-electron chi connectivity index (χ4n) is 4.01. The smallest absolute Gasteiger partial charge is 0.256 e. The molecule has 1 aromatic rings. The Hall–Kier alpha value is -0.528. The third kappa shape index (κ3) is 2.87. The molecule has 2 atom stereocenters. The Morgan fingerprint density at radius 1 is 1.14 bits per heavy atom. The standard InChI is InChI=1S/C17H25N2O.Al/c1-12-13(2)17(20-3)8-7-15(12)16-6-4-5-14-11-18-9-10-19(14)16;/h7-8,14,16H,4-6,9-11H2,1-3H3;/q-1;+1/t14?,16-;/m1./s1. The summed E-state index contributed by atoms with van der Waals surface area (Å²) in [5, 5.41) is 0. The molecule has 2 fully saturated rings. The van der Waals surface area contributed by atoms with Gasteiger partial charge >= 0.3 is 0 Å². The van der Waals surface area contributed by atoms with Crippen LogP contribution in [0.3, 0.4) is 0 Å². The molecule has 0 N–H and O–H groups in total. The van der Waals surface area contributed by atoms with Crippen molar-refractivity contribution in [1.82, 2.24) is 8.78 Å². The highest BCUT2D eigenvalue weighted by molar-refractivity contribution is 6.04. The zero-order chi connectivity index (χ0) is 15.0. The van der Waals surface area contributed by atoms with Gasteiger partial charge in [0.25, 0.3) is 16.5 Å². The van der Waals surface area contributed by atoms with Crippen molar-refractivity contribution in [2.24, 2.45) is 0 Å². The lowest BCUT2D eigenvalue weighted by Gasteiger charge is -2.49. The maximum atomic E-state index is 5.47. The molecular formula is C17H25AlN2O. The summed E-state index contributed by atoms with van der Waals surface area (Å²) < 4.78 is 7.86. The third-order valence-corrected chi connectivity index (χ3v) is 5.80. The average Bonchev–Trinajstić information content (AvgIpc) is 2.49. The van der Waals surface area contributed by atoms with Crippen LogP contribution >= 0.6 is 0 Å². The topological polar surface area (TPSA) is 15.7 Å². The van der Waals surface area contributed by atoms with Crippen LogP contribution < -0.4 is 4.74 Å². The molecule has 1 unspecified atom stereocenters. The summed E-state index contributed by atoms with van der Waals surface area (Å²) in [5.74, 6) is 1.01. The zero-order valence-electron chi connectivity index (χ0n) is 13.4. The van der Waals surface area contributed by atoms with Crippen LogP contribution in [0.15, 0.2) is 12.1 Å². The Morgan fingerprint density at radius 3 is 2.71 bits per heavy atom. The number of hydrogen-bond acceptors (Lipinski definition) is 3. The van der Waals surface area contributed by atoms with Gasteiger partial charge in [0, 0.05) is 18.6 Å². The summed E-state index contributed by atoms with van der Waals surface area (Å²) in [4.78, 5) is 2.75. The van der Waals surface area contributed by atoms with E-state index in [1.165, 1.54) is 49.0 Å². The van der Waals surface area contributed by atoms with Gasteiger partial charge in [0.2, 0.25) is 0 Å². The molecular weight excluding hydrogens is 275 g/mol. The Bertz CT molecular complexity index is 520. The molecule has 0 bridgehead atoms. The van der Waals surface area contributed by atoms with Crippen LogP contribution in [0.2, 0.25) is 0 Å². The SMILES string of the molecule is COc1ccc([C@H]2CCCC3C[N]([Al])CCN32)c(C)c1C. The van der Waals surface area contributed by atoms with Crippen LogP contribution in [0.5, 0.6) is 5.75 Å². The molecule has 0 aliphatic carbocycles. The van der Waals surface area contributed by atoms with Crippen LogP contribution in [0.4, 0.5) is 0 Å². The Morgan fingerprint density at radius 2 is 1.95 bits per heavy atom. The minimum atomic E-state index is 0.590. The zero-order valence-corrected chi connectivity index (χ0v) is 14.6. The van der Waals surface area contributed by atoms with E-state index in [0.29, 0.717) is 6.04 Å². The molecule has 0 amide bonds. The number of nitrogens with zero attached hydrogens (tertiary/aromatic N) is 2. The molecule has 112 valence electrons. The molecule has 4 heteroatoms. The van der Waals surface area contributed by atoms with Gasteiger partial charge in [-0.1, -0.05) is 6.07 Å². The minimum absolute atomic E-state index is 0.590. The van der Waals surface area contributed by atoms with E-state index < -0.39 is 0 Å². The van der Waals surface area contributed by atoms with Gasteiger partial charge in [-0.3, -0.25) is 4.90 Å². The van der Waals surface area contributed by atoms with Crippen LogP contribution in [-0.2, 0) is 0 Å². The predicted molar refractivity (Wildman–Crippen MR) is 86.9 cm³/mol. The molecule has 3 rings (SSSR count). The molecule has 0 saturated carbocycles. The van der Waals surface area contributed by atoms with Gasteiger partial charge in [-0.05, 0) is 69.0 Å². The number of benzene rings is 1. The van der Waals surface area contributed by atoms with Gasteiger partial charge in [0.05, 0.1) is 7.11 Å². The van der Waals surface area contributed by atoms with Gasteiger partial charge < -0.3 is 8.62 Å². The summed E-state index contributed by atoms with van der Waals surface area (Å²) >= 11 is 2.88. The fraction of sp³-hybridized carbons (Fsp3) is 0.647. The van der Waals surface area contributed by atoms with Crippen molar-refractivity contribution in [1.29, 1.82) is 0 Å². The lowest BCUT2D eigenvalue weighted by molar-refractivity contribution is 0.0358. The first kappa shape index (κ1) is 15.4. The molecule has 21 heavy (non-hydrogen) atoms. The van der Waals surface area contributed by atoms with E-state index in [1.807, 2.05) is 0 Å². The van der Waals surface area contributed by atoms with Gasteiger partial charge in [-0.2, -0.15) is 0 Å². The quantitative estimate of drug-likeness (QED) is 0.781. The van der Waals surface area contributed by atoms with Gasteiger partial charge in [-0.15, -0.1) is 0 Å². The van der Waals surface area contributed by atoms with Crippen molar-refractivity contribution < 1.29 is 4.74 Å². The highest BCUT2D eigenvalue weighted by atomic mass is 27.1. The molecule has 2 radical (unpaired) electrons. The fourth-order valence-corrected chi connectivity index (χ4v) is 4.37. The van der Waals surface area contributed by atoms with E-state index in [2.05, 4.69) is 51.3 Å². The van der Waals surface area contributed by atoms with Crippen molar-refractivity contribution in [2.75, 3.05) is 26.7 Å². The number of fused-ring (bicyclic) bond motifs is 1. The van der Waals surface area contributed by atoms with Crippen LogP contribution in [0.1, 0.15) is 42.0 Å². The van der Waals surface area contributed by atoms with E-state index in [-0.39, 0.29) is 0 Å². The van der Waals surface area contributed by atoms with Crippen LogP contribution in [-0.4, -0.2) is 58.1 Å². The predicted octanol–water partition coefficient (Wildman–Crippen LogP) is 2.61. The maximum Gasteiger partial charge on any atom is 0.256 e. The first-order valence-electron chi connectivity index (χ1n) is 8.01. The number of piperidine rings is 1. The minimum Gasteiger partial charge on any atom is -0.496 e. The second kappa shape index (κ2) is 6.30. The molecule has 2 heterocycles. The van der Waals surface area contributed by atoms with Crippen molar-refractivity contribution in [2.45, 2.75) is 45.2 Å². The normalized spacial score (nSPS) is 27.4. The van der Waals surface area contributed by atoms with Crippen molar-refractivity contribution in [3.63, 3.8) is 0 Å². The summed E-state index contributed by atoms with van der Waals surface area (Å²) in [6.07, 6.45) is 3.98. The van der Waals surface area contributed by atoms with Crippen molar-refractivity contribution in [3.05, 3.63) is 28.8 Å². The van der Waals surface area contributed by atoms with E-state index in [0.717, 1.165) is 18.3 Å². The molecule has 2 aliphatic rings. The molecule has 2 aliphatic heterocycles. The van der Waals surface area contributed by atoms with Crippen LogP contribution in [0.25, 0.3) is 0 Å². The molecule has 2 saturated heterocycles. The first-order valence-corrected chi connectivity index (χ1v) is 8.53. The van der Waals surface area contributed by atoms with E-state index >= 15 is 0 Å². The van der Waals surface area contributed by atoms with Gasteiger partial charge in [0.1, 0.15) is 5.75 Å². The van der Waals surface area contributed by atoms with Crippen molar-refractivity contribution >= 4 is 16.5 Å². The van der Waals surface area contributed by atoms with E-state index in [4.69, 9.17) is 4.74 Å². The summed E-state index contributed by atoms with van der Waals surface area (Å²) in [7, 11) is 1.76. The van der Waals surface area contributed by atoms with Crippen molar-refractivity contribution in [3.8, 4) is 5.75 Å². The van der Waals surface area contributed by atoms with Gasteiger partial charge in [0.15, 0.2) is 0 Å². The lowest BCUT2D eigenvalue weighted by atomic mass is 9.86. The third-order valence-electron chi connectivity index (χ3n) is 5.33. The highest BCUT2D eigenvalue weighted by Crippen LogP contribution is 2.39. The number of methoxy groups -OCH3 is 1. The molecule has 3 nitrogen and oxygen atoms in total. The second-order valence-electron chi connectivity index (χ2n) is 6.44. The highest BCUT2D eigenvalue weighted by Gasteiger charge is 2.34. The second-order valence-corrected chi connectivity index (χ2v) is 7.17. The Labute approximate surface area is 136 Å². The van der Waals surface area contributed by atoms with Gasteiger partial charge in [-0.25, -0.2) is 0 Å². The number of hydrogen-bond donors (Lipinski definition) is 0. The number of piperazine rings is 1. The summed E-state index contributed by atoms with van der Waals surface area (Å²) in [6.45, 7) is 7.96. The number of rotatable bonds is 2. The molecule has 0 aromatic heterocycles. The summed E-state index contributed by atoms with van der Waals surface area (Å²) in [6, 6.07) is 5.75. The molecule has 0 spiro atoms.